The molecule has 1 heterocycles. The zero-order chi connectivity index (χ0) is 17.3. The summed E-state index contributed by atoms with van der Waals surface area (Å²) in [5, 5.41) is 3.43. The number of halogens is 2. The standard InChI is InChI=1S/C17H16Cl2N2O3/c18-13-6-5-10(9-14(13)19)20-15(22)7-8-21-16(23)11-3-1-2-4-12(11)17(21)24/h1-2,5-6,9,11-12H,3-4,7-8H2,(H,20,22)/t11-,12-/m0/s1. The summed E-state index contributed by atoms with van der Waals surface area (Å²) in [6.07, 6.45) is 5.12. The van der Waals surface area contributed by atoms with Crippen molar-refractivity contribution < 1.29 is 14.4 Å². The molecular formula is C17H16Cl2N2O3. The van der Waals surface area contributed by atoms with Crippen LogP contribution in [0, 0.1) is 11.8 Å². The Morgan fingerprint density at radius 1 is 1.08 bits per heavy atom. The quantitative estimate of drug-likeness (QED) is 0.656. The lowest BCUT2D eigenvalue weighted by Crippen LogP contribution is -2.34. The molecule has 7 heteroatoms. The molecule has 0 spiro atoms. The third kappa shape index (κ3) is 3.32. The number of benzene rings is 1. The number of hydrogen-bond donors (Lipinski definition) is 1. The van der Waals surface area contributed by atoms with E-state index in [2.05, 4.69) is 5.32 Å². The Labute approximate surface area is 149 Å². The number of carbonyl (C=O) groups excluding carboxylic acids is 3. The van der Waals surface area contributed by atoms with Crippen LogP contribution in [0.3, 0.4) is 0 Å². The van der Waals surface area contributed by atoms with Gasteiger partial charge in [-0.05, 0) is 31.0 Å². The minimum atomic E-state index is -0.290. The molecule has 3 rings (SSSR count). The number of amides is 3. The van der Waals surface area contributed by atoms with Crippen LogP contribution < -0.4 is 5.32 Å². The Hall–Kier alpha value is -1.85. The number of carbonyl (C=O) groups is 3. The Kier molecular flexibility index (Phi) is 4.92. The molecule has 5 nitrogen and oxygen atoms in total. The average Bonchev–Trinajstić information content (AvgIpc) is 2.81. The minimum absolute atomic E-state index is 0.0462. The highest BCUT2D eigenvalue weighted by Crippen LogP contribution is 2.35. The molecular weight excluding hydrogens is 351 g/mol. The van der Waals surface area contributed by atoms with Crippen LogP contribution in [0.2, 0.25) is 10.0 Å². The fraction of sp³-hybridized carbons (Fsp3) is 0.353. The number of likely N-dealkylation sites (tertiary alicyclic amines) is 1. The highest BCUT2D eigenvalue weighted by atomic mass is 35.5. The van der Waals surface area contributed by atoms with Gasteiger partial charge in [0.05, 0.1) is 21.9 Å². The van der Waals surface area contributed by atoms with Gasteiger partial charge in [0.1, 0.15) is 0 Å². The number of imide groups is 1. The maximum absolute atomic E-state index is 12.3. The van der Waals surface area contributed by atoms with Crippen molar-refractivity contribution in [2.24, 2.45) is 11.8 Å². The van der Waals surface area contributed by atoms with Gasteiger partial charge in [-0.3, -0.25) is 19.3 Å². The van der Waals surface area contributed by atoms with Crippen molar-refractivity contribution in [1.82, 2.24) is 4.90 Å². The lowest BCUT2D eigenvalue weighted by atomic mass is 9.85. The van der Waals surface area contributed by atoms with Crippen molar-refractivity contribution in [2.45, 2.75) is 19.3 Å². The number of anilines is 1. The van der Waals surface area contributed by atoms with Crippen LogP contribution in [0.25, 0.3) is 0 Å². The fourth-order valence-electron chi connectivity index (χ4n) is 3.10. The highest BCUT2D eigenvalue weighted by molar-refractivity contribution is 6.42. The largest absolute Gasteiger partial charge is 0.326 e. The SMILES string of the molecule is O=C(CCN1C(=O)[C@H]2CC=CC[C@@H]2C1=O)Nc1ccc(Cl)c(Cl)c1. The third-order valence-corrected chi connectivity index (χ3v) is 5.10. The minimum Gasteiger partial charge on any atom is -0.326 e. The van der Waals surface area contributed by atoms with Gasteiger partial charge >= 0.3 is 0 Å². The van der Waals surface area contributed by atoms with E-state index in [1.54, 1.807) is 18.2 Å². The van der Waals surface area contributed by atoms with Crippen LogP contribution in [0.4, 0.5) is 5.69 Å². The molecule has 0 saturated carbocycles. The van der Waals surface area contributed by atoms with E-state index in [4.69, 9.17) is 23.2 Å². The summed E-state index contributed by atoms with van der Waals surface area (Å²) < 4.78 is 0. The summed E-state index contributed by atoms with van der Waals surface area (Å²) in [7, 11) is 0. The van der Waals surface area contributed by atoms with E-state index in [1.807, 2.05) is 12.2 Å². The van der Waals surface area contributed by atoms with E-state index in [0.29, 0.717) is 28.6 Å². The maximum Gasteiger partial charge on any atom is 0.233 e. The molecule has 0 bridgehead atoms. The van der Waals surface area contributed by atoms with E-state index in [-0.39, 0.29) is 42.5 Å². The lowest BCUT2D eigenvalue weighted by molar-refractivity contribution is -0.140. The average molecular weight is 367 g/mol. The van der Waals surface area contributed by atoms with Gasteiger partial charge in [-0.2, -0.15) is 0 Å². The number of nitrogens with one attached hydrogen (secondary N) is 1. The van der Waals surface area contributed by atoms with Crippen LogP contribution in [-0.4, -0.2) is 29.2 Å². The highest BCUT2D eigenvalue weighted by Gasteiger charge is 2.46. The summed E-state index contributed by atoms with van der Waals surface area (Å²) in [5.41, 5.74) is 0.520. The molecule has 0 aromatic heterocycles. The van der Waals surface area contributed by atoms with Crippen LogP contribution in [-0.2, 0) is 14.4 Å². The van der Waals surface area contributed by atoms with E-state index in [0.717, 1.165) is 0 Å². The molecule has 1 fully saturated rings. The number of fused-ring (bicyclic) bond motifs is 1. The molecule has 24 heavy (non-hydrogen) atoms. The molecule has 1 aromatic carbocycles. The van der Waals surface area contributed by atoms with Gasteiger partial charge in [-0.1, -0.05) is 35.4 Å². The number of hydrogen-bond acceptors (Lipinski definition) is 3. The first kappa shape index (κ1) is 17.0. The second-order valence-electron chi connectivity index (χ2n) is 5.91. The molecule has 2 atom stereocenters. The lowest BCUT2D eigenvalue weighted by Gasteiger charge is -2.14. The van der Waals surface area contributed by atoms with E-state index in [1.165, 1.54) is 4.90 Å². The Bertz CT molecular complexity index is 707. The molecule has 1 aliphatic heterocycles. The Morgan fingerprint density at radius 3 is 2.29 bits per heavy atom. The molecule has 1 aromatic rings. The van der Waals surface area contributed by atoms with Gasteiger partial charge in [0.2, 0.25) is 17.7 Å². The van der Waals surface area contributed by atoms with Crippen molar-refractivity contribution in [3.05, 3.63) is 40.4 Å². The number of nitrogens with zero attached hydrogens (tertiary/aromatic N) is 1. The van der Waals surface area contributed by atoms with Gasteiger partial charge < -0.3 is 5.32 Å². The second kappa shape index (κ2) is 6.95. The van der Waals surface area contributed by atoms with Crippen LogP contribution in [0.5, 0.6) is 0 Å². The van der Waals surface area contributed by atoms with E-state index in [9.17, 15) is 14.4 Å². The van der Waals surface area contributed by atoms with Crippen molar-refractivity contribution in [2.75, 3.05) is 11.9 Å². The maximum atomic E-state index is 12.3. The van der Waals surface area contributed by atoms with E-state index < -0.39 is 0 Å². The van der Waals surface area contributed by atoms with Gasteiger partial charge in [0, 0.05) is 18.7 Å². The van der Waals surface area contributed by atoms with Crippen molar-refractivity contribution in [3.8, 4) is 0 Å². The first-order valence-corrected chi connectivity index (χ1v) is 8.48. The molecule has 1 aliphatic carbocycles. The summed E-state index contributed by atoms with van der Waals surface area (Å²) in [6.45, 7) is 0.0951. The predicted octanol–water partition coefficient (Wildman–Crippen LogP) is 3.27. The summed E-state index contributed by atoms with van der Waals surface area (Å²) in [5.74, 6) is -1.16. The molecule has 126 valence electrons. The molecule has 0 radical (unpaired) electrons. The topological polar surface area (TPSA) is 66.5 Å². The fourth-order valence-corrected chi connectivity index (χ4v) is 3.40. The second-order valence-corrected chi connectivity index (χ2v) is 6.73. The normalized spacial score (nSPS) is 22.7. The zero-order valence-electron chi connectivity index (χ0n) is 12.8. The Morgan fingerprint density at radius 2 is 1.71 bits per heavy atom. The van der Waals surface area contributed by atoms with Gasteiger partial charge in [0.15, 0.2) is 0 Å². The van der Waals surface area contributed by atoms with Crippen molar-refractivity contribution >= 4 is 46.6 Å². The zero-order valence-corrected chi connectivity index (χ0v) is 14.3. The van der Waals surface area contributed by atoms with Gasteiger partial charge in [-0.15, -0.1) is 0 Å². The summed E-state index contributed by atoms with van der Waals surface area (Å²) in [6, 6.07) is 4.78. The molecule has 3 amide bonds. The predicted molar refractivity (Wildman–Crippen MR) is 91.8 cm³/mol. The van der Waals surface area contributed by atoms with E-state index >= 15 is 0 Å². The smallest absolute Gasteiger partial charge is 0.233 e. The first-order chi connectivity index (χ1) is 11.5. The van der Waals surface area contributed by atoms with Crippen LogP contribution in [0.1, 0.15) is 19.3 Å². The first-order valence-electron chi connectivity index (χ1n) is 7.72. The summed E-state index contributed by atoms with van der Waals surface area (Å²) >= 11 is 11.7. The van der Waals surface area contributed by atoms with Gasteiger partial charge in [0.25, 0.3) is 0 Å². The van der Waals surface area contributed by atoms with Gasteiger partial charge in [-0.25, -0.2) is 0 Å². The Balaban J connectivity index is 1.57. The van der Waals surface area contributed by atoms with Crippen LogP contribution in [0.15, 0.2) is 30.4 Å². The monoisotopic (exact) mass is 366 g/mol. The van der Waals surface area contributed by atoms with Crippen molar-refractivity contribution in [1.29, 1.82) is 0 Å². The number of allylic oxidation sites excluding steroid dienone is 2. The summed E-state index contributed by atoms with van der Waals surface area (Å²) in [4.78, 5) is 37.9. The van der Waals surface area contributed by atoms with Crippen molar-refractivity contribution in [3.63, 3.8) is 0 Å². The number of rotatable bonds is 4. The van der Waals surface area contributed by atoms with Crippen LogP contribution >= 0.6 is 23.2 Å². The molecule has 1 saturated heterocycles. The third-order valence-electron chi connectivity index (χ3n) is 4.36. The molecule has 2 aliphatic rings. The molecule has 1 N–H and O–H groups in total. The molecule has 0 unspecified atom stereocenters.